The van der Waals surface area contributed by atoms with Gasteiger partial charge in [0.25, 0.3) is 0 Å². The zero-order valence-corrected chi connectivity index (χ0v) is 12.4. The van der Waals surface area contributed by atoms with E-state index in [0.717, 1.165) is 19.3 Å². The lowest BCUT2D eigenvalue weighted by atomic mass is 9.72. The molecule has 2 aliphatic rings. The molecule has 1 amide bonds. The van der Waals surface area contributed by atoms with Gasteiger partial charge in [-0.2, -0.15) is 0 Å². The van der Waals surface area contributed by atoms with Crippen LogP contribution in [0.15, 0.2) is 12.2 Å². The molecule has 2 N–H and O–H groups in total. The van der Waals surface area contributed by atoms with E-state index in [4.69, 9.17) is 0 Å². The Morgan fingerprint density at radius 3 is 2.40 bits per heavy atom. The predicted molar refractivity (Wildman–Crippen MR) is 77.2 cm³/mol. The summed E-state index contributed by atoms with van der Waals surface area (Å²) in [5.41, 5.74) is 0.108. The van der Waals surface area contributed by atoms with Crippen LogP contribution in [0.1, 0.15) is 52.4 Å². The lowest BCUT2D eigenvalue weighted by Gasteiger charge is -2.40. The van der Waals surface area contributed by atoms with Gasteiger partial charge in [-0.3, -0.25) is 9.59 Å². The number of hydrogen-bond donors (Lipinski definition) is 2. The quantitative estimate of drug-likeness (QED) is 0.781. The average Bonchev–Trinajstić information content (AvgIpc) is 2.41. The first-order valence-corrected chi connectivity index (χ1v) is 7.60. The van der Waals surface area contributed by atoms with Gasteiger partial charge in [-0.05, 0) is 31.1 Å². The highest BCUT2D eigenvalue weighted by Gasteiger charge is 2.38. The molecule has 20 heavy (non-hydrogen) atoms. The second kappa shape index (κ2) is 5.98. The van der Waals surface area contributed by atoms with E-state index < -0.39 is 17.8 Å². The van der Waals surface area contributed by atoms with E-state index in [0.29, 0.717) is 12.8 Å². The SMILES string of the molecule is CC1(C)CCCCC1NC(=O)[C@@H]1CC=CC[C@@H]1C(=O)O. The van der Waals surface area contributed by atoms with Gasteiger partial charge < -0.3 is 10.4 Å². The molecule has 4 nitrogen and oxygen atoms in total. The molecular weight excluding hydrogens is 254 g/mol. The lowest BCUT2D eigenvalue weighted by molar-refractivity contribution is -0.147. The highest BCUT2D eigenvalue weighted by molar-refractivity contribution is 5.85. The van der Waals surface area contributed by atoms with Crippen LogP contribution in [-0.2, 0) is 9.59 Å². The molecule has 0 aromatic heterocycles. The average molecular weight is 279 g/mol. The first-order valence-electron chi connectivity index (χ1n) is 7.60. The minimum atomic E-state index is -0.864. The summed E-state index contributed by atoms with van der Waals surface area (Å²) >= 11 is 0. The molecule has 1 unspecified atom stereocenters. The first kappa shape index (κ1) is 15.1. The molecule has 0 aromatic carbocycles. The van der Waals surface area contributed by atoms with Crippen LogP contribution in [0.4, 0.5) is 0 Å². The van der Waals surface area contributed by atoms with Crippen molar-refractivity contribution < 1.29 is 14.7 Å². The number of hydrogen-bond acceptors (Lipinski definition) is 2. The second-order valence-corrected chi connectivity index (χ2v) is 6.79. The van der Waals surface area contributed by atoms with Gasteiger partial charge in [-0.15, -0.1) is 0 Å². The maximum Gasteiger partial charge on any atom is 0.307 e. The van der Waals surface area contributed by atoms with Crippen molar-refractivity contribution in [2.45, 2.75) is 58.4 Å². The summed E-state index contributed by atoms with van der Waals surface area (Å²) in [4.78, 5) is 23.7. The highest BCUT2D eigenvalue weighted by atomic mass is 16.4. The van der Waals surface area contributed by atoms with Gasteiger partial charge in [0.1, 0.15) is 0 Å². The van der Waals surface area contributed by atoms with Gasteiger partial charge in [0.05, 0.1) is 11.8 Å². The molecule has 0 radical (unpaired) electrons. The fourth-order valence-corrected chi connectivity index (χ4v) is 3.42. The van der Waals surface area contributed by atoms with Crippen molar-refractivity contribution in [2.75, 3.05) is 0 Å². The maximum atomic E-state index is 12.5. The van der Waals surface area contributed by atoms with E-state index in [1.165, 1.54) is 6.42 Å². The van der Waals surface area contributed by atoms with Crippen LogP contribution < -0.4 is 5.32 Å². The van der Waals surface area contributed by atoms with E-state index in [9.17, 15) is 14.7 Å². The summed E-state index contributed by atoms with van der Waals surface area (Å²) in [5.74, 6) is -1.94. The molecule has 2 rings (SSSR count). The lowest BCUT2D eigenvalue weighted by Crippen LogP contribution is -2.50. The number of carbonyl (C=O) groups is 2. The van der Waals surface area contributed by atoms with E-state index in [-0.39, 0.29) is 17.4 Å². The molecule has 4 heteroatoms. The predicted octanol–water partition coefficient (Wildman–Crippen LogP) is 2.74. The van der Waals surface area contributed by atoms with Gasteiger partial charge in [0.15, 0.2) is 0 Å². The molecule has 0 spiro atoms. The monoisotopic (exact) mass is 279 g/mol. The molecule has 0 aromatic rings. The van der Waals surface area contributed by atoms with E-state index >= 15 is 0 Å². The normalized spacial score (nSPS) is 32.6. The van der Waals surface area contributed by atoms with Crippen molar-refractivity contribution in [3.63, 3.8) is 0 Å². The summed E-state index contributed by atoms with van der Waals surface area (Å²) in [5, 5.41) is 12.4. The smallest absolute Gasteiger partial charge is 0.307 e. The Morgan fingerprint density at radius 1 is 1.15 bits per heavy atom. The van der Waals surface area contributed by atoms with Crippen molar-refractivity contribution in [3.8, 4) is 0 Å². The Morgan fingerprint density at radius 2 is 1.80 bits per heavy atom. The summed E-state index contributed by atoms with van der Waals surface area (Å²) in [6.45, 7) is 4.37. The number of carboxylic acids is 1. The van der Waals surface area contributed by atoms with E-state index in [2.05, 4.69) is 19.2 Å². The van der Waals surface area contributed by atoms with Crippen LogP contribution in [0.5, 0.6) is 0 Å². The van der Waals surface area contributed by atoms with Gasteiger partial charge in [-0.1, -0.05) is 38.8 Å². The van der Waals surface area contributed by atoms with Crippen LogP contribution in [0.25, 0.3) is 0 Å². The van der Waals surface area contributed by atoms with Crippen molar-refractivity contribution in [3.05, 3.63) is 12.2 Å². The molecule has 0 bridgehead atoms. The Labute approximate surface area is 120 Å². The molecule has 1 saturated carbocycles. The largest absolute Gasteiger partial charge is 0.481 e. The fourth-order valence-electron chi connectivity index (χ4n) is 3.42. The molecule has 0 aliphatic heterocycles. The van der Waals surface area contributed by atoms with Crippen molar-refractivity contribution in [2.24, 2.45) is 17.3 Å². The van der Waals surface area contributed by atoms with Gasteiger partial charge in [-0.25, -0.2) is 0 Å². The Bertz CT molecular complexity index is 414. The molecule has 112 valence electrons. The minimum Gasteiger partial charge on any atom is -0.481 e. The summed E-state index contributed by atoms with van der Waals surface area (Å²) in [7, 11) is 0. The van der Waals surface area contributed by atoms with Gasteiger partial charge >= 0.3 is 5.97 Å². The third-order valence-corrected chi connectivity index (χ3v) is 4.91. The van der Waals surface area contributed by atoms with Crippen molar-refractivity contribution in [1.29, 1.82) is 0 Å². The highest BCUT2D eigenvalue weighted by Crippen LogP contribution is 2.36. The van der Waals surface area contributed by atoms with Crippen LogP contribution in [0.3, 0.4) is 0 Å². The van der Waals surface area contributed by atoms with Crippen LogP contribution in [0.2, 0.25) is 0 Å². The summed E-state index contributed by atoms with van der Waals surface area (Å²) in [6, 6.07) is 0.170. The standard InChI is InChI=1S/C16H25NO3/c1-16(2)10-6-5-9-13(16)17-14(18)11-7-3-4-8-12(11)15(19)20/h3-4,11-13H,5-10H2,1-2H3,(H,17,18)(H,19,20)/t11-,12+,13?/m1/s1. The minimum absolute atomic E-state index is 0.0817. The van der Waals surface area contributed by atoms with Crippen molar-refractivity contribution >= 4 is 11.9 Å². The Hall–Kier alpha value is -1.32. The second-order valence-electron chi connectivity index (χ2n) is 6.79. The summed E-state index contributed by atoms with van der Waals surface area (Å²) in [6.07, 6.45) is 9.26. The third-order valence-electron chi connectivity index (χ3n) is 4.91. The number of carboxylic acid groups (broad SMARTS) is 1. The number of nitrogens with one attached hydrogen (secondary N) is 1. The Balaban J connectivity index is 2.03. The zero-order chi connectivity index (χ0) is 14.8. The topological polar surface area (TPSA) is 66.4 Å². The third kappa shape index (κ3) is 3.22. The molecular formula is C16H25NO3. The Kier molecular flexibility index (Phi) is 4.51. The van der Waals surface area contributed by atoms with Crippen LogP contribution >= 0.6 is 0 Å². The number of carbonyl (C=O) groups excluding carboxylic acids is 1. The van der Waals surface area contributed by atoms with E-state index in [1.54, 1.807) is 0 Å². The van der Waals surface area contributed by atoms with E-state index in [1.807, 2.05) is 12.2 Å². The molecule has 1 fully saturated rings. The number of rotatable bonds is 3. The van der Waals surface area contributed by atoms with Crippen molar-refractivity contribution in [1.82, 2.24) is 5.32 Å². The fraction of sp³-hybridized carbons (Fsp3) is 0.750. The first-order chi connectivity index (χ1) is 9.42. The van der Waals surface area contributed by atoms with Gasteiger partial charge in [0.2, 0.25) is 5.91 Å². The van der Waals surface area contributed by atoms with Gasteiger partial charge in [0, 0.05) is 6.04 Å². The number of aliphatic carboxylic acids is 1. The van der Waals surface area contributed by atoms with Crippen LogP contribution in [0, 0.1) is 17.3 Å². The van der Waals surface area contributed by atoms with Crippen LogP contribution in [-0.4, -0.2) is 23.0 Å². The summed E-state index contributed by atoms with van der Waals surface area (Å²) < 4.78 is 0. The molecule has 2 aliphatic carbocycles. The number of allylic oxidation sites excluding steroid dienone is 2. The zero-order valence-electron chi connectivity index (χ0n) is 12.4. The maximum absolute atomic E-state index is 12.5. The number of amides is 1. The molecule has 0 heterocycles. The molecule has 3 atom stereocenters. The molecule has 0 saturated heterocycles.